The summed E-state index contributed by atoms with van der Waals surface area (Å²) < 4.78 is 7.42. The number of aryl methyl sites for hydroxylation is 1. The fourth-order valence-corrected chi connectivity index (χ4v) is 3.57. The zero-order valence-corrected chi connectivity index (χ0v) is 14.0. The second-order valence-corrected chi connectivity index (χ2v) is 6.73. The first-order chi connectivity index (χ1) is 11.8. The Balaban J connectivity index is 2.02. The van der Waals surface area contributed by atoms with Crippen LogP contribution in [0.25, 0.3) is 28.6 Å². The van der Waals surface area contributed by atoms with Crippen LogP contribution in [0.4, 0.5) is 0 Å². The number of aromatic nitrogens is 4. The maximum absolute atomic E-state index is 10.8. The molecular weight excluding hydrogens is 324 g/mol. The minimum absolute atomic E-state index is 0.388. The van der Waals surface area contributed by atoms with Crippen LogP contribution in [-0.4, -0.2) is 59.3 Å². The number of nitrogens with zero attached hydrogens (tertiary/aromatic N) is 3. The van der Waals surface area contributed by atoms with Gasteiger partial charge in [0.25, 0.3) is 0 Å². The Morgan fingerprint density at radius 2 is 2.20 bits per heavy atom. The molecule has 4 heterocycles. The highest BCUT2D eigenvalue weighted by Gasteiger charge is 2.53. The van der Waals surface area contributed by atoms with Gasteiger partial charge in [0.15, 0.2) is 6.23 Å². The highest BCUT2D eigenvalue weighted by molar-refractivity contribution is 6.05. The summed E-state index contributed by atoms with van der Waals surface area (Å²) in [6.45, 7) is 7.00. The molecule has 1 fully saturated rings. The zero-order valence-electron chi connectivity index (χ0n) is 14.0. The summed E-state index contributed by atoms with van der Waals surface area (Å²) in [5.41, 5.74) is 0.562. The van der Waals surface area contributed by atoms with Crippen molar-refractivity contribution in [2.45, 2.75) is 37.9 Å². The molecule has 0 amide bonds. The number of rotatable bonds is 2. The molecule has 132 valence electrons. The summed E-state index contributed by atoms with van der Waals surface area (Å²) >= 11 is 0. The van der Waals surface area contributed by atoms with Crippen molar-refractivity contribution in [1.29, 1.82) is 0 Å². The first kappa shape index (κ1) is 16.2. The number of nitrogens with one attached hydrogen (secondary N) is 1. The van der Waals surface area contributed by atoms with E-state index in [2.05, 4.69) is 21.5 Å². The molecule has 0 aliphatic carbocycles. The number of aromatic amines is 1. The molecule has 4 atom stereocenters. The summed E-state index contributed by atoms with van der Waals surface area (Å²) in [5.74, 6) is 0. The number of aliphatic hydroxyl groups excluding tert-OH is 2. The smallest absolute Gasteiger partial charge is 0.167 e. The van der Waals surface area contributed by atoms with Crippen molar-refractivity contribution in [1.82, 2.24) is 19.5 Å². The lowest BCUT2D eigenvalue weighted by Crippen LogP contribution is -2.44. The Bertz CT molecular complexity index is 1020. The van der Waals surface area contributed by atoms with Gasteiger partial charge in [-0.25, -0.2) is 9.97 Å². The summed E-state index contributed by atoms with van der Waals surface area (Å²) in [6, 6.07) is 1.90. The maximum Gasteiger partial charge on any atom is 0.167 e. The third kappa shape index (κ3) is 2.22. The van der Waals surface area contributed by atoms with Gasteiger partial charge >= 0.3 is 0 Å². The molecule has 1 aliphatic heterocycles. The monoisotopic (exact) mass is 344 g/mol. The fraction of sp³-hybridized carbons (Fsp3) is 0.412. The third-order valence-electron chi connectivity index (χ3n) is 4.89. The molecule has 0 saturated carbocycles. The van der Waals surface area contributed by atoms with Gasteiger partial charge in [0.2, 0.25) is 0 Å². The molecule has 8 nitrogen and oxygen atoms in total. The molecule has 0 bridgehead atoms. The molecular formula is C17H20N4O4. The van der Waals surface area contributed by atoms with Gasteiger partial charge < -0.3 is 29.6 Å². The number of hydrogen-bond donors (Lipinski definition) is 4. The Morgan fingerprint density at radius 1 is 1.44 bits per heavy atom. The van der Waals surface area contributed by atoms with Crippen LogP contribution in [-0.2, 0) is 4.74 Å². The Hall–Kier alpha value is -2.26. The number of ether oxygens (including phenoxy) is 1. The summed E-state index contributed by atoms with van der Waals surface area (Å²) in [5, 5.41) is 32.8. The van der Waals surface area contributed by atoms with Crippen LogP contribution in [0.1, 0.15) is 18.7 Å². The quantitative estimate of drug-likeness (QED) is 0.516. The molecule has 0 spiro atoms. The van der Waals surface area contributed by atoms with Crippen LogP contribution in [0.5, 0.6) is 0 Å². The number of H-pyrrole nitrogens is 1. The van der Waals surface area contributed by atoms with Gasteiger partial charge in [-0.3, -0.25) is 0 Å². The maximum atomic E-state index is 10.8. The molecule has 3 aromatic rings. The highest BCUT2D eigenvalue weighted by atomic mass is 16.6. The Kier molecular flexibility index (Phi) is 3.48. The minimum atomic E-state index is -1.58. The third-order valence-corrected chi connectivity index (χ3v) is 4.89. The van der Waals surface area contributed by atoms with E-state index in [0.29, 0.717) is 11.3 Å². The van der Waals surface area contributed by atoms with Crippen molar-refractivity contribution in [2.24, 2.45) is 0 Å². The standard InChI is InChI=1S/C17H20N4O4/c1-8-4-9(2)20-14-12-10(8)5-21(15(12)19-7-18-14)16-17(3,24)13(23)11(6-22)25-16/h4-5,7,11,13,16,22-24H,2,6H2,1,3H3,(H,18,19,20)/t11-,13-,16-,17+/m1/s1. The van der Waals surface area contributed by atoms with Crippen LogP contribution in [0.3, 0.4) is 0 Å². The van der Waals surface area contributed by atoms with Crippen LogP contribution < -0.4 is 5.35 Å². The molecule has 3 aromatic heterocycles. The molecule has 8 heteroatoms. The van der Waals surface area contributed by atoms with E-state index in [9.17, 15) is 15.3 Å². The van der Waals surface area contributed by atoms with E-state index in [1.807, 2.05) is 19.2 Å². The van der Waals surface area contributed by atoms with E-state index in [1.165, 1.54) is 13.3 Å². The lowest BCUT2D eigenvalue weighted by molar-refractivity contribution is -0.0947. The van der Waals surface area contributed by atoms with Gasteiger partial charge in [-0.15, -0.1) is 0 Å². The second-order valence-electron chi connectivity index (χ2n) is 6.73. The molecule has 4 rings (SSSR count). The second kappa shape index (κ2) is 5.37. The average Bonchev–Trinajstić information content (AvgIpc) is 3.00. The van der Waals surface area contributed by atoms with Crippen molar-refractivity contribution in [3.63, 3.8) is 0 Å². The summed E-state index contributed by atoms with van der Waals surface area (Å²) in [6.07, 6.45) is 0.258. The van der Waals surface area contributed by atoms with Crippen molar-refractivity contribution >= 4 is 28.6 Å². The number of hydrogen-bond acceptors (Lipinski definition) is 6. The minimum Gasteiger partial charge on any atom is -0.394 e. The van der Waals surface area contributed by atoms with E-state index >= 15 is 0 Å². The van der Waals surface area contributed by atoms with Gasteiger partial charge in [0.1, 0.15) is 35.4 Å². The van der Waals surface area contributed by atoms with Gasteiger partial charge in [-0.2, -0.15) is 0 Å². The van der Waals surface area contributed by atoms with Crippen LogP contribution in [0.15, 0.2) is 18.6 Å². The van der Waals surface area contributed by atoms with Crippen LogP contribution in [0.2, 0.25) is 0 Å². The van der Waals surface area contributed by atoms with Gasteiger partial charge in [0.05, 0.1) is 12.0 Å². The predicted octanol–water partition coefficient (Wildman–Crippen LogP) is -0.0860. The Morgan fingerprint density at radius 3 is 2.88 bits per heavy atom. The van der Waals surface area contributed by atoms with E-state index in [1.54, 1.807) is 4.57 Å². The van der Waals surface area contributed by atoms with Crippen molar-refractivity contribution in [2.75, 3.05) is 6.61 Å². The fourth-order valence-electron chi connectivity index (χ4n) is 3.57. The first-order valence-electron chi connectivity index (χ1n) is 8.01. The van der Waals surface area contributed by atoms with E-state index in [-0.39, 0.29) is 6.61 Å². The molecule has 0 aromatic carbocycles. The lowest BCUT2D eigenvalue weighted by atomic mass is 9.96. The first-order valence-corrected chi connectivity index (χ1v) is 8.01. The lowest BCUT2D eigenvalue weighted by Gasteiger charge is -2.27. The van der Waals surface area contributed by atoms with E-state index < -0.39 is 24.0 Å². The van der Waals surface area contributed by atoms with Gasteiger partial charge in [-0.1, -0.05) is 6.58 Å². The Labute approximate surface area is 143 Å². The van der Waals surface area contributed by atoms with Crippen LogP contribution >= 0.6 is 0 Å². The molecule has 25 heavy (non-hydrogen) atoms. The molecule has 4 N–H and O–H groups in total. The average molecular weight is 344 g/mol. The van der Waals surface area contributed by atoms with Crippen molar-refractivity contribution in [3.8, 4) is 0 Å². The van der Waals surface area contributed by atoms with Gasteiger partial charge in [0, 0.05) is 16.9 Å². The molecule has 1 aliphatic rings. The topological polar surface area (TPSA) is 116 Å². The highest BCUT2D eigenvalue weighted by Crippen LogP contribution is 2.41. The van der Waals surface area contributed by atoms with Crippen LogP contribution in [0, 0.1) is 6.92 Å². The molecule has 0 radical (unpaired) electrons. The molecule has 0 unspecified atom stereocenters. The molecule has 1 saturated heterocycles. The number of aliphatic hydroxyl groups is 3. The van der Waals surface area contributed by atoms with Gasteiger partial charge in [-0.05, 0) is 25.5 Å². The predicted molar refractivity (Wildman–Crippen MR) is 91.3 cm³/mol. The normalized spacial score (nSPS) is 29.7. The summed E-state index contributed by atoms with van der Waals surface area (Å²) in [7, 11) is 0. The van der Waals surface area contributed by atoms with Crippen molar-refractivity contribution in [3.05, 3.63) is 29.5 Å². The van der Waals surface area contributed by atoms with E-state index in [0.717, 1.165) is 21.7 Å². The largest absolute Gasteiger partial charge is 0.394 e. The van der Waals surface area contributed by atoms with Crippen molar-refractivity contribution < 1.29 is 20.1 Å². The SMILES string of the molecule is C=c1cc(C)c2cn([C@@H]3O[C@H](CO)[C@@H](O)[C@]3(C)O)c3ncnc([nH]1)c23. The van der Waals surface area contributed by atoms with E-state index in [4.69, 9.17) is 4.74 Å². The zero-order chi connectivity index (χ0) is 17.9. The summed E-state index contributed by atoms with van der Waals surface area (Å²) in [4.78, 5) is 11.8.